The van der Waals surface area contributed by atoms with Gasteiger partial charge < -0.3 is 24.6 Å². The Morgan fingerprint density at radius 3 is 2.13 bits per heavy atom. The molecule has 1 aromatic carbocycles. The maximum Gasteiger partial charge on any atom is 0.303 e. The van der Waals surface area contributed by atoms with E-state index in [1.54, 1.807) is 19.1 Å². The summed E-state index contributed by atoms with van der Waals surface area (Å²) in [6.45, 7) is 1.77. The molecular formula is C16H23NO6. The first-order valence-corrected chi connectivity index (χ1v) is 7.21. The zero-order valence-electron chi connectivity index (χ0n) is 13.8. The minimum atomic E-state index is -0.879. The molecule has 7 heteroatoms. The van der Waals surface area contributed by atoms with E-state index in [0.29, 0.717) is 29.2 Å². The molecule has 0 aromatic heterocycles. The van der Waals surface area contributed by atoms with Gasteiger partial charge in [0.2, 0.25) is 11.7 Å². The molecule has 2 N–H and O–H groups in total. The standard InChI is InChI=1S/C16H23NO6/c1-10(5-6-15(19)20)17-14(18)9-11-7-12(21-2)16(23-4)13(8-11)22-3/h7-8,10H,5-6,9H2,1-4H3,(H,17,18)(H,19,20). The summed E-state index contributed by atoms with van der Waals surface area (Å²) in [7, 11) is 4.53. The summed E-state index contributed by atoms with van der Waals surface area (Å²) >= 11 is 0. The first kappa shape index (κ1) is 18.6. The monoisotopic (exact) mass is 325 g/mol. The molecule has 0 saturated heterocycles. The number of nitrogens with one attached hydrogen (secondary N) is 1. The summed E-state index contributed by atoms with van der Waals surface area (Å²) in [5, 5.41) is 11.4. The summed E-state index contributed by atoms with van der Waals surface area (Å²) in [4.78, 5) is 22.6. The second-order valence-corrected chi connectivity index (χ2v) is 5.11. The van der Waals surface area contributed by atoms with Crippen molar-refractivity contribution in [3.8, 4) is 17.2 Å². The molecule has 0 aliphatic heterocycles. The van der Waals surface area contributed by atoms with Crippen LogP contribution in [0.1, 0.15) is 25.3 Å². The minimum absolute atomic E-state index is 0.0195. The Labute approximate surface area is 135 Å². The van der Waals surface area contributed by atoms with Crippen molar-refractivity contribution in [2.24, 2.45) is 0 Å². The second-order valence-electron chi connectivity index (χ2n) is 5.11. The van der Waals surface area contributed by atoms with Crippen LogP contribution in [-0.2, 0) is 16.0 Å². The van der Waals surface area contributed by atoms with E-state index in [9.17, 15) is 9.59 Å². The lowest BCUT2D eigenvalue weighted by Gasteiger charge is -2.15. The number of benzene rings is 1. The van der Waals surface area contributed by atoms with Gasteiger partial charge in [0.25, 0.3) is 0 Å². The highest BCUT2D eigenvalue weighted by Crippen LogP contribution is 2.38. The Hall–Kier alpha value is -2.44. The Kier molecular flexibility index (Phi) is 7.18. The van der Waals surface area contributed by atoms with Crippen molar-refractivity contribution in [2.45, 2.75) is 32.2 Å². The van der Waals surface area contributed by atoms with Crippen LogP contribution in [0.3, 0.4) is 0 Å². The first-order chi connectivity index (χ1) is 10.9. The molecule has 0 radical (unpaired) electrons. The number of amides is 1. The van der Waals surface area contributed by atoms with Crippen LogP contribution in [0.15, 0.2) is 12.1 Å². The number of aliphatic carboxylic acids is 1. The van der Waals surface area contributed by atoms with E-state index in [4.69, 9.17) is 19.3 Å². The van der Waals surface area contributed by atoms with Gasteiger partial charge in [-0.15, -0.1) is 0 Å². The minimum Gasteiger partial charge on any atom is -0.493 e. The quantitative estimate of drug-likeness (QED) is 0.716. The van der Waals surface area contributed by atoms with Crippen LogP contribution in [0, 0.1) is 0 Å². The number of methoxy groups -OCH3 is 3. The maximum atomic E-state index is 12.0. The number of carboxylic acid groups (broad SMARTS) is 1. The maximum absolute atomic E-state index is 12.0. The third-order valence-corrected chi connectivity index (χ3v) is 3.29. The van der Waals surface area contributed by atoms with Crippen molar-refractivity contribution in [1.82, 2.24) is 5.32 Å². The Balaban J connectivity index is 2.76. The van der Waals surface area contributed by atoms with E-state index in [1.165, 1.54) is 21.3 Å². The van der Waals surface area contributed by atoms with E-state index in [-0.39, 0.29) is 24.8 Å². The zero-order chi connectivity index (χ0) is 17.4. The average molecular weight is 325 g/mol. The Bertz CT molecular complexity index is 532. The molecule has 1 atom stereocenters. The fourth-order valence-corrected chi connectivity index (χ4v) is 2.16. The number of carboxylic acids is 1. The Morgan fingerprint density at radius 1 is 1.13 bits per heavy atom. The molecule has 1 amide bonds. The van der Waals surface area contributed by atoms with Gasteiger partial charge >= 0.3 is 5.97 Å². The molecule has 0 spiro atoms. The largest absolute Gasteiger partial charge is 0.493 e. The van der Waals surface area contributed by atoms with Crippen LogP contribution in [0.25, 0.3) is 0 Å². The van der Waals surface area contributed by atoms with Crippen molar-refractivity contribution in [1.29, 1.82) is 0 Å². The third kappa shape index (κ3) is 5.69. The second kappa shape index (κ2) is 8.87. The van der Waals surface area contributed by atoms with Crippen LogP contribution < -0.4 is 19.5 Å². The molecule has 0 aliphatic carbocycles. The lowest BCUT2D eigenvalue weighted by atomic mass is 10.1. The SMILES string of the molecule is COc1cc(CC(=O)NC(C)CCC(=O)O)cc(OC)c1OC. The molecule has 1 unspecified atom stereocenters. The van der Waals surface area contributed by atoms with Crippen molar-refractivity contribution in [2.75, 3.05) is 21.3 Å². The van der Waals surface area contributed by atoms with E-state index in [1.807, 2.05) is 0 Å². The molecule has 0 fully saturated rings. The summed E-state index contributed by atoms with van der Waals surface area (Å²) in [5.41, 5.74) is 0.711. The molecule has 23 heavy (non-hydrogen) atoms. The summed E-state index contributed by atoms with van der Waals surface area (Å²) in [6.07, 6.45) is 0.538. The number of rotatable bonds is 9. The molecule has 1 rings (SSSR count). The first-order valence-electron chi connectivity index (χ1n) is 7.21. The highest BCUT2D eigenvalue weighted by Gasteiger charge is 2.16. The van der Waals surface area contributed by atoms with Gasteiger partial charge in [-0.1, -0.05) is 0 Å². The van der Waals surface area contributed by atoms with Gasteiger partial charge in [-0.2, -0.15) is 0 Å². The predicted octanol–water partition coefficient (Wildman–Crippen LogP) is 1.62. The highest BCUT2D eigenvalue weighted by molar-refractivity contribution is 5.79. The van der Waals surface area contributed by atoms with Gasteiger partial charge in [0, 0.05) is 12.5 Å². The van der Waals surface area contributed by atoms with Gasteiger partial charge in [0.1, 0.15) is 0 Å². The summed E-state index contributed by atoms with van der Waals surface area (Å²) in [5.74, 6) is 0.351. The number of ether oxygens (including phenoxy) is 3. The van der Waals surface area contributed by atoms with Crippen LogP contribution in [0.5, 0.6) is 17.2 Å². The number of carbonyl (C=O) groups is 2. The lowest BCUT2D eigenvalue weighted by molar-refractivity contribution is -0.137. The van der Waals surface area contributed by atoms with E-state index < -0.39 is 5.97 Å². The fourth-order valence-electron chi connectivity index (χ4n) is 2.16. The van der Waals surface area contributed by atoms with Crippen LogP contribution >= 0.6 is 0 Å². The molecule has 7 nitrogen and oxygen atoms in total. The molecule has 0 saturated carbocycles. The molecule has 128 valence electrons. The van der Waals surface area contributed by atoms with Gasteiger partial charge in [-0.05, 0) is 31.0 Å². The van der Waals surface area contributed by atoms with E-state index in [2.05, 4.69) is 5.32 Å². The third-order valence-electron chi connectivity index (χ3n) is 3.29. The van der Waals surface area contributed by atoms with Crippen molar-refractivity contribution < 1.29 is 28.9 Å². The lowest BCUT2D eigenvalue weighted by Crippen LogP contribution is -2.34. The Morgan fingerprint density at radius 2 is 1.70 bits per heavy atom. The normalized spacial score (nSPS) is 11.5. The van der Waals surface area contributed by atoms with Gasteiger partial charge in [-0.25, -0.2) is 0 Å². The van der Waals surface area contributed by atoms with Gasteiger partial charge in [0.15, 0.2) is 11.5 Å². The molecular weight excluding hydrogens is 302 g/mol. The molecule has 1 aromatic rings. The summed E-state index contributed by atoms with van der Waals surface area (Å²) in [6, 6.07) is 3.21. The topological polar surface area (TPSA) is 94.1 Å². The van der Waals surface area contributed by atoms with Crippen molar-refractivity contribution in [3.63, 3.8) is 0 Å². The van der Waals surface area contributed by atoms with Crippen molar-refractivity contribution >= 4 is 11.9 Å². The molecule has 0 bridgehead atoms. The number of carbonyl (C=O) groups excluding carboxylic acids is 1. The number of hydrogen-bond acceptors (Lipinski definition) is 5. The van der Waals surface area contributed by atoms with E-state index >= 15 is 0 Å². The fraction of sp³-hybridized carbons (Fsp3) is 0.500. The average Bonchev–Trinajstić information content (AvgIpc) is 2.51. The van der Waals surface area contributed by atoms with Crippen LogP contribution in [0.2, 0.25) is 0 Å². The van der Waals surface area contributed by atoms with Crippen LogP contribution in [-0.4, -0.2) is 44.4 Å². The zero-order valence-corrected chi connectivity index (χ0v) is 13.8. The smallest absolute Gasteiger partial charge is 0.303 e. The molecule has 0 aliphatic rings. The number of hydrogen-bond donors (Lipinski definition) is 2. The highest BCUT2D eigenvalue weighted by atomic mass is 16.5. The van der Waals surface area contributed by atoms with Gasteiger partial charge in [-0.3, -0.25) is 9.59 Å². The van der Waals surface area contributed by atoms with E-state index in [0.717, 1.165) is 0 Å². The van der Waals surface area contributed by atoms with Gasteiger partial charge in [0.05, 0.1) is 27.8 Å². The van der Waals surface area contributed by atoms with Crippen LogP contribution in [0.4, 0.5) is 0 Å². The molecule has 0 heterocycles. The summed E-state index contributed by atoms with van der Waals surface area (Å²) < 4.78 is 15.7. The van der Waals surface area contributed by atoms with Crippen molar-refractivity contribution in [3.05, 3.63) is 17.7 Å². The predicted molar refractivity (Wildman–Crippen MR) is 84.3 cm³/mol.